The summed E-state index contributed by atoms with van der Waals surface area (Å²) in [7, 11) is -3.21. The van der Waals surface area contributed by atoms with Gasteiger partial charge in [-0.25, -0.2) is 8.42 Å². The lowest BCUT2D eigenvalue weighted by Gasteiger charge is -2.31. The Labute approximate surface area is 175 Å². The first kappa shape index (κ1) is 21.8. The molecule has 1 heterocycles. The van der Waals surface area contributed by atoms with Crippen LogP contribution in [0.4, 0.5) is 5.95 Å². The zero-order chi connectivity index (χ0) is 21.1. The third-order valence-corrected chi connectivity index (χ3v) is 8.25. The molecular formula is C22H34N4O2S. The van der Waals surface area contributed by atoms with Gasteiger partial charge in [-0.1, -0.05) is 51.0 Å². The molecule has 1 saturated carbocycles. The van der Waals surface area contributed by atoms with Crippen LogP contribution in [0.2, 0.25) is 0 Å². The fourth-order valence-corrected chi connectivity index (χ4v) is 5.90. The van der Waals surface area contributed by atoms with Crippen molar-refractivity contribution in [1.82, 2.24) is 14.8 Å². The van der Waals surface area contributed by atoms with Crippen LogP contribution in [0.1, 0.15) is 57.9 Å². The number of aryl methyl sites for hydroxylation is 1. The molecule has 1 fully saturated rings. The molecule has 2 aromatic rings. The molecule has 0 atom stereocenters. The Hall–Kier alpha value is -1.89. The second-order valence-electron chi connectivity index (χ2n) is 8.37. The lowest BCUT2D eigenvalue weighted by Crippen LogP contribution is -2.41. The molecule has 1 aromatic carbocycles. The second-order valence-corrected chi connectivity index (χ2v) is 10.8. The van der Waals surface area contributed by atoms with Crippen LogP contribution in [0, 0.1) is 6.92 Å². The van der Waals surface area contributed by atoms with Gasteiger partial charge in [-0.15, -0.1) is 10.2 Å². The monoisotopic (exact) mass is 418 g/mol. The van der Waals surface area contributed by atoms with E-state index in [1.807, 2.05) is 18.2 Å². The number of anilines is 1. The van der Waals surface area contributed by atoms with E-state index in [0.29, 0.717) is 19.4 Å². The average molecular weight is 419 g/mol. The number of sulfone groups is 1. The minimum Gasteiger partial charge on any atom is -0.341 e. The van der Waals surface area contributed by atoms with Gasteiger partial charge in [0.25, 0.3) is 0 Å². The molecule has 1 aromatic heterocycles. The topological polar surface area (TPSA) is 68.1 Å². The highest BCUT2D eigenvalue weighted by molar-refractivity contribution is 7.92. The van der Waals surface area contributed by atoms with Crippen molar-refractivity contribution in [1.29, 1.82) is 0 Å². The van der Waals surface area contributed by atoms with Gasteiger partial charge in [0.2, 0.25) is 5.95 Å². The Morgan fingerprint density at radius 2 is 1.69 bits per heavy atom. The molecule has 3 rings (SSSR count). The molecule has 6 nitrogen and oxygen atoms in total. The first-order chi connectivity index (χ1) is 13.8. The summed E-state index contributed by atoms with van der Waals surface area (Å²) in [6.07, 6.45) is 6.73. The Bertz CT molecular complexity index is 924. The number of hydrogen-bond acceptors (Lipinski definition) is 5. The Morgan fingerprint density at radius 3 is 2.24 bits per heavy atom. The third kappa shape index (κ3) is 4.34. The number of benzene rings is 1. The second kappa shape index (κ2) is 8.86. The molecule has 7 heteroatoms. The molecule has 160 valence electrons. The van der Waals surface area contributed by atoms with Crippen LogP contribution >= 0.6 is 0 Å². The van der Waals surface area contributed by atoms with Crippen LogP contribution in [-0.2, 0) is 16.4 Å². The molecular weight excluding hydrogens is 384 g/mol. The Balaban J connectivity index is 2.15. The van der Waals surface area contributed by atoms with Crippen LogP contribution in [0.5, 0.6) is 0 Å². The quantitative estimate of drug-likeness (QED) is 0.609. The number of rotatable bonds is 9. The van der Waals surface area contributed by atoms with E-state index in [9.17, 15) is 8.42 Å². The van der Waals surface area contributed by atoms with Gasteiger partial charge >= 0.3 is 0 Å². The van der Waals surface area contributed by atoms with Crippen LogP contribution in [0.3, 0.4) is 0 Å². The summed E-state index contributed by atoms with van der Waals surface area (Å²) in [5, 5.41) is 9.13. The first-order valence-electron chi connectivity index (χ1n) is 10.8. The van der Waals surface area contributed by atoms with Crippen molar-refractivity contribution in [2.24, 2.45) is 0 Å². The van der Waals surface area contributed by atoms with E-state index in [-0.39, 0.29) is 0 Å². The molecule has 1 aliphatic carbocycles. The lowest BCUT2D eigenvalue weighted by atomic mass is 10.1. The van der Waals surface area contributed by atoms with E-state index in [4.69, 9.17) is 0 Å². The van der Waals surface area contributed by atoms with Gasteiger partial charge in [-0.05, 0) is 38.2 Å². The van der Waals surface area contributed by atoms with Crippen molar-refractivity contribution in [2.75, 3.05) is 24.2 Å². The highest BCUT2D eigenvalue weighted by atomic mass is 32.2. The zero-order valence-electron chi connectivity index (χ0n) is 18.2. The van der Waals surface area contributed by atoms with Gasteiger partial charge in [0, 0.05) is 31.5 Å². The minimum absolute atomic E-state index is 0.418. The molecule has 0 saturated heterocycles. The van der Waals surface area contributed by atoms with Gasteiger partial charge in [-0.2, -0.15) is 0 Å². The summed E-state index contributed by atoms with van der Waals surface area (Å²) in [6, 6.07) is 8.12. The summed E-state index contributed by atoms with van der Waals surface area (Å²) >= 11 is 0. The van der Waals surface area contributed by atoms with Crippen LogP contribution in [0.15, 0.2) is 24.3 Å². The van der Waals surface area contributed by atoms with Crippen molar-refractivity contribution in [3.8, 4) is 11.4 Å². The normalized spacial score (nSPS) is 16.3. The van der Waals surface area contributed by atoms with E-state index in [1.165, 1.54) is 6.26 Å². The van der Waals surface area contributed by atoms with E-state index >= 15 is 0 Å². The fraction of sp³-hybridized carbons (Fsp3) is 0.636. The Morgan fingerprint density at radius 1 is 1.07 bits per heavy atom. The number of nitrogens with zero attached hydrogens (tertiary/aromatic N) is 4. The van der Waals surface area contributed by atoms with Crippen LogP contribution in [-0.4, -0.2) is 47.3 Å². The average Bonchev–Trinajstić information content (AvgIpc) is 3.30. The minimum atomic E-state index is -3.21. The van der Waals surface area contributed by atoms with Crippen molar-refractivity contribution in [3.63, 3.8) is 0 Å². The summed E-state index contributed by atoms with van der Waals surface area (Å²) in [6.45, 7) is 8.55. The van der Waals surface area contributed by atoms with E-state index in [2.05, 4.69) is 46.5 Å². The molecule has 0 spiro atoms. The summed E-state index contributed by atoms with van der Waals surface area (Å²) < 4.78 is 27.1. The molecule has 0 bridgehead atoms. The number of hydrogen-bond donors (Lipinski definition) is 0. The van der Waals surface area contributed by atoms with Crippen molar-refractivity contribution >= 4 is 15.8 Å². The maximum absolute atomic E-state index is 12.9. The van der Waals surface area contributed by atoms with Crippen molar-refractivity contribution in [3.05, 3.63) is 29.8 Å². The summed E-state index contributed by atoms with van der Waals surface area (Å²) in [4.78, 5) is 2.25. The SMILES string of the molecule is CCCN(CCC)c1nnc(-c2ccccc2C)n1CC1(S(C)(=O)=O)CCCC1. The predicted molar refractivity (Wildman–Crippen MR) is 119 cm³/mol. The van der Waals surface area contributed by atoms with Gasteiger partial charge in [-0.3, -0.25) is 4.57 Å². The van der Waals surface area contributed by atoms with E-state index in [1.54, 1.807) is 0 Å². The lowest BCUT2D eigenvalue weighted by molar-refractivity contribution is 0.457. The summed E-state index contributed by atoms with van der Waals surface area (Å²) in [5.74, 6) is 1.56. The summed E-state index contributed by atoms with van der Waals surface area (Å²) in [5.41, 5.74) is 2.13. The molecule has 1 aliphatic rings. The zero-order valence-corrected chi connectivity index (χ0v) is 19.0. The third-order valence-electron chi connectivity index (χ3n) is 6.13. The molecule has 0 amide bonds. The van der Waals surface area contributed by atoms with E-state index in [0.717, 1.165) is 61.7 Å². The van der Waals surface area contributed by atoms with Gasteiger partial charge in [0.05, 0.1) is 4.75 Å². The maximum atomic E-state index is 12.9. The van der Waals surface area contributed by atoms with Crippen molar-refractivity contribution in [2.45, 2.75) is 70.6 Å². The Kier molecular flexibility index (Phi) is 6.66. The highest BCUT2D eigenvalue weighted by Gasteiger charge is 2.44. The largest absolute Gasteiger partial charge is 0.341 e. The van der Waals surface area contributed by atoms with Crippen LogP contribution < -0.4 is 4.90 Å². The molecule has 0 aliphatic heterocycles. The molecule has 29 heavy (non-hydrogen) atoms. The predicted octanol–water partition coefficient (Wildman–Crippen LogP) is 4.24. The number of aromatic nitrogens is 3. The van der Waals surface area contributed by atoms with E-state index < -0.39 is 14.6 Å². The van der Waals surface area contributed by atoms with Gasteiger partial charge < -0.3 is 4.90 Å². The van der Waals surface area contributed by atoms with Crippen molar-refractivity contribution < 1.29 is 8.42 Å². The fourth-order valence-electron chi connectivity index (χ4n) is 4.50. The highest BCUT2D eigenvalue weighted by Crippen LogP contribution is 2.40. The van der Waals surface area contributed by atoms with Gasteiger partial charge in [0.15, 0.2) is 15.7 Å². The first-order valence-corrected chi connectivity index (χ1v) is 12.7. The standard InChI is InChI=1S/C22H34N4O2S/c1-5-15-25(16-6-2)21-24-23-20(19-12-8-7-11-18(19)3)26(21)17-22(29(4,27)28)13-9-10-14-22/h7-8,11-12H,5-6,9-10,13-17H2,1-4H3. The van der Waals surface area contributed by atoms with Crippen LogP contribution in [0.25, 0.3) is 11.4 Å². The molecule has 0 N–H and O–H groups in total. The molecule has 0 unspecified atom stereocenters. The molecule has 0 radical (unpaired) electrons. The van der Waals surface area contributed by atoms with Gasteiger partial charge in [0.1, 0.15) is 0 Å². The maximum Gasteiger partial charge on any atom is 0.227 e. The smallest absolute Gasteiger partial charge is 0.227 e.